The Morgan fingerprint density at radius 2 is 2.17 bits per heavy atom. The third-order valence-corrected chi connectivity index (χ3v) is 3.28. The molecule has 1 heterocycles. The first-order valence-corrected chi connectivity index (χ1v) is 6.05. The minimum absolute atomic E-state index is 0.0467. The summed E-state index contributed by atoms with van der Waals surface area (Å²) < 4.78 is 39.0. The van der Waals surface area contributed by atoms with Gasteiger partial charge in [-0.3, -0.25) is 0 Å². The van der Waals surface area contributed by atoms with E-state index in [1.807, 2.05) is 0 Å². The van der Waals surface area contributed by atoms with E-state index in [2.05, 4.69) is 5.32 Å². The van der Waals surface area contributed by atoms with Gasteiger partial charge in [-0.15, -0.1) is 0 Å². The molecule has 0 atom stereocenters. The van der Waals surface area contributed by atoms with Gasteiger partial charge in [0.25, 0.3) is 5.92 Å². The Kier molecular flexibility index (Phi) is 3.68. The number of anilines is 1. The van der Waals surface area contributed by atoms with E-state index in [4.69, 9.17) is 23.8 Å². The Labute approximate surface area is 113 Å². The fourth-order valence-electron chi connectivity index (χ4n) is 1.69. The standard InChI is InChI=1S/C11H10ClF3N2S/c12-8-5-7(1-2-9(8)13)16-10(18)17-4-3-11(14,15)6-17/h1-2,5H,3-4,6H2,(H,16,18). The van der Waals surface area contributed by atoms with Crippen LogP contribution >= 0.6 is 23.8 Å². The van der Waals surface area contributed by atoms with E-state index in [0.29, 0.717) is 5.69 Å². The van der Waals surface area contributed by atoms with Crippen molar-refractivity contribution in [3.05, 3.63) is 29.0 Å². The molecule has 98 valence electrons. The molecule has 2 rings (SSSR count). The Bertz CT molecular complexity index is 481. The molecule has 0 unspecified atom stereocenters. The molecule has 0 spiro atoms. The highest BCUT2D eigenvalue weighted by Crippen LogP contribution is 2.27. The number of nitrogens with one attached hydrogen (secondary N) is 1. The van der Waals surface area contributed by atoms with Crippen LogP contribution < -0.4 is 5.32 Å². The van der Waals surface area contributed by atoms with Crippen molar-refractivity contribution >= 4 is 34.6 Å². The summed E-state index contributed by atoms with van der Waals surface area (Å²) in [5.74, 6) is -3.24. The first-order valence-electron chi connectivity index (χ1n) is 5.26. The van der Waals surface area contributed by atoms with E-state index < -0.39 is 18.3 Å². The Hall–Kier alpha value is -1.01. The van der Waals surface area contributed by atoms with Crippen molar-refractivity contribution in [3.63, 3.8) is 0 Å². The van der Waals surface area contributed by atoms with Gasteiger partial charge in [0, 0.05) is 18.7 Å². The van der Waals surface area contributed by atoms with Crippen LogP contribution in [0.5, 0.6) is 0 Å². The zero-order chi connectivity index (χ0) is 13.3. The van der Waals surface area contributed by atoms with Gasteiger partial charge in [-0.05, 0) is 30.4 Å². The van der Waals surface area contributed by atoms with Crippen LogP contribution in [0.15, 0.2) is 18.2 Å². The van der Waals surface area contributed by atoms with Gasteiger partial charge in [0.1, 0.15) is 5.82 Å². The fourth-order valence-corrected chi connectivity index (χ4v) is 2.14. The highest BCUT2D eigenvalue weighted by atomic mass is 35.5. The van der Waals surface area contributed by atoms with Gasteiger partial charge in [-0.2, -0.15) is 0 Å². The molecule has 18 heavy (non-hydrogen) atoms. The molecular weight excluding hydrogens is 285 g/mol. The van der Waals surface area contributed by atoms with E-state index in [-0.39, 0.29) is 23.1 Å². The molecule has 7 heteroatoms. The quantitative estimate of drug-likeness (QED) is 0.798. The third-order valence-electron chi connectivity index (χ3n) is 2.63. The Morgan fingerprint density at radius 1 is 1.44 bits per heavy atom. The maximum atomic E-state index is 13.0. The number of likely N-dealkylation sites (tertiary alicyclic amines) is 1. The summed E-state index contributed by atoms with van der Waals surface area (Å²) in [6, 6.07) is 3.99. The molecule has 1 N–H and O–H groups in total. The SMILES string of the molecule is Fc1ccc(NC(=S)N2CCC(F)(F)C2)cc1Cl. The lowest BCUT2D eigenvalue weighted by Gasteiger charge is -2.20. The van der Waals surface area contributed by atoms with Crippen LogP contribution in [0.4, 0.5) is 18.9 Å². The smallest absolute Gasteiger partial charge is 0.267 e. The molecule has 1 aliphatic rings. The molecule has 0 amide bonds. The second kappa shape index (κ2) is 4.93. The molecule has 1 aromatic rings. The number of rotatable bonds is 1. The lowest BCUT2D eigenvalue weighted by molar-refractivity contribution is 0.0177. The van der Waals surface area contributed by atoms with Crippen LogP contribution in [0.2, 0.25) is 5.02 Å². The van der Waals surface area contributed by atoms with E-state index in [0.717, 1.165) is 0 Å². The van der Waals surface area contributed by atoms with E-state index >= 15 is 0 Å². The average molecular weight is 295 g/mol. The van der Waals surface area contributed by atoms with Gasteiger partial charge in [-0.1, -0.05) is 11.6 Å². The highest BCUT2D eigenvalue weighted by Gasteiger charge is 2.39. The van der Waals surface area contributed by atoms with Crippen LogP contribution in [-0.4, -0.2) is 29.0 Å². The van der Waals surface area contributed by atoms with Gasteiger partial charge in [-0.25, -0.2) is 13.2 Å². The van der Waals surface area contributed by atoms with E-state index in [1.54, 1.807) is 0 Å². The van der Waals surface area contributed by atoms with Crippen molar-refractivity contribution in [3.8, 4) is 0 Å². The van der Waals surface area contributed by atoms with Gasteiger partial charge in [0.2, 0.25) is 0 Å². The number of benzene rings is 1. The normalized spacial score (nSPS) is 17.9. The molecule has 1 aromatic carbocycles. The van der Waals surface area contributed by atoms with Crippen LogP contribution in [0, 0.1) is 5.82 Å². The molecule has 0 bridgehead atoms. The summed E-state index contributed by atoms with van der Waals surface area (Å²) in [6.45, 7) is -0.193. The maximum absolute atomic E-state index is 13.0. The van der Waals surface area contributed by atoms with E-state index in [9.17, 15) is 13.2 Å². The van der Waals surface area contributed by atoms with Crippen LogP contribution in [0.3, 0.4) is 0 Å². The lowest BCUT2D eigenvalue weighted by Crippen LogP contribution is -2.34. The third kappa shape index (κ3) is 3.05. The molecule has 0 radical (unpaired) electrons. The van der Waals surface area contributed by atoms with Gasteiger partial charge in [0.15, 0.2) is 5.11 Å². The summed E-state index contributed by atoms with van der Waals surface area (Å²) >= 11 is 10.6. The monoisotopic (exact) mass is 294 g/mol. The molecule has 1 saturated heterocycles. The molecule has 0 saturated carbocycles. The second-order valence-electron chi connectivity index (χ2n) is 4.09. The van der Waals surface area contributed by atoms with Crippen molar-refractivity contribution in [2.75, 3.05) is 18.4 Å². The average Bonchev–Trinajstić information content (AvgIpc) is 2.64. The molecule has 2 nitrogen and oxygen atoms in total. The van der Waals surface area contributed by atoms with Crippen molar-refractivity contribution in [1.29, 1.82) is 0 Å². The summed E-state index contributed by atoms with van der Waals surface area (Å²) in [4.78, 5) is 1.38. The summed E-state index contributed by atoms with van der Waals surface area (Å²) in [5, 5.41) is 2.91. The number of alkyl halides is 2. The Balaban J connectivity index is 2.01. The van der Waals surface area contributed by atoms with E-state index in [1.165, 1.54) is 23.1 Å². The predicted octanol–water partition coefficient (Wildman–Crippen LogP) is 3.52. The first kappa shape index (κ1) is 13.4. The molecule has 0 aliphatic carbocycles. The van der Waals surface area contributed by atoms with Crippen molar-refractivity contribution in [2.45, 2.75) is 12.3 Å². The number of halogens is 4. The van der Waals surface area contributed by atoms with Crippen LogP contribution in [0.25, 0.3) is 0 Å². The Morgan fingerprint density at radius 3 is 2.72 bits per heavy atom. The second-order valence-corrected chi connectivity index (χ2v) is 4.88. The van der Waals surface area contributed by atoms with Crippen molar-refractivity contribution in [2.24, 2.45) is 0 Å². The van der Waals surface area contributed by atoms with Gasteiger partial charge >= 0.3 is 0 Å². The molecular formula is C11H10ClF3N2S. The summed E-state index contributed by atoms with van der Waals surface area (Å²) in [7, 11) is 0. The summed E-state index contributed by atoms with van der Waals surface area (Å²) in [6.07, 6.45) is -0.209. The van der Waals surface area contributed by atoms with Crippen molar-refractivity contribution < 1.29 is 13.2 Å². The number of thiocarbonyl (C=S) groups is 1. The largest absolute Gasteiger partial charge is 0.343 e. The fraction of sp³-hybridized carbons (Fsp3) is 0.364. The molecule has 1 aliphatic heterocycles. The predicted molar refractivity (Wildman–Crippen MR) is 68.8 cm³/mol. The zero-order valence-electron chi connectivity index (χ0n) is 9.22. The molecule has 1 fully saturated rings. The topological polar surface area (TPSA) is 15.3 Å². The van der Waals surface area contributed by atoms with Gasteiger partial charge in [0.05, 0.1) is 11.6 Å². The summed E-state index contributed by atoms with van der Waals surface area (Å²) in [5.41, 5.74) is 0.474. The zero-order valence-corrected chi connectivity index (χ0v) is 10.8. The number of nitrogens with zero attached hydrogens (tertiary/aromatic N) is 1. The van der Waals surface area contributed by atoms with Crippen LogP contribution in [0.1, 0.15) is 6.42 Å². The van der Waals surface area contributed by atoms with Crippen molar-refractivity contribution in [1.82, 2.24) is 4.90 Å². The van der Waals surface area contributed by atoms with Gasteiger partial charge < -0.3 is 10.2 Å². The highest BCUT2D eigenvalue weighted by molar-refractivity contribution is 7.80. The lowest BCUT2D eigenvalue weighted by atomic mass is 10.3. The molecule has 0 aromatic heterocycles. The first-order chi connectivity index (χ1) is 8.37. The minimum atomic E-state index is -2.70. The van der Waals surface area contributed by atoms with Crippen LogP contribution in [-0.2, 0) is 0 Å². The number of hydrogen-bond acceptors (Lipinski definition) is 1. The number of hydrogen-bond donors (Lipinski definition) is 1. The minimum Gasteiger partial charge on any atom is -0.343 e. The maximum Gasteiger partial charge on any atom is 0.267 e.